The Hall–Kier alpha value is -2.05. The first kappa shape index (κ1) is 17.0. The van der Waals surface area contributed by atoms with Gasteiger partial charge in [-0.05, 0) is 6.92 Å². The highest BCUT2D eigenvalue weighted by atomic mass is 16.7. The van der Waals surface area contributed by atoms with Crippen LogP contribution in [0.15, 0.2) is 24.3 Å². The van der Waals surface area contributed by atoms with Crippen molar-refractivity contribution in [2.24, 2.45) is 0 Å². The number of rotatable bonds is 7. The number of nitrogens with zero attached hydrogens (tertiary/aromatic N) is 2. The van der Waals surface area contributed by atoms with Crippen LogP contribution in [0.1, 0.15) is 30.4 Å². The summed E-state index contributed by atoms with van der Waals surface area (Å²) in [5.74, 6) is -0.895. The second-order valence-corrected chi connectivity index (χ2v) is 4.04. The number of aliphatic hydroxyl groups is 1. The lowest BCUT2D eigenvalue weighted by Gasteiger charge is -2.18. The van der Waals surface area contributed by atoms with E-state index in [-0.39, 0.29) is 6.61 Å². The molecule has 21 heavy (non-hydrogen) atoms. The van der Waals surface area contributed by atoms with Crippen molar-refractivity contribution >= 4 is 11.7 Å². The van der Waals surface area contributed by atoms with Gasteiger partial charge in [-0.25, -0.2) is 4.79 Å². The van der Waals surface area contributed by atoms with Crippen molar-refractivity contribution in [2.45, 2.75) is 19.3 Å². The number of carbonyl (C=O) groups excluding carboxylic acids is 1. The Bertz CT molecular complexity index is 536. The molecule has 0 aliphatic heterocycles. The number of aliphatic hydroxyl groups excluding tert-OH is 1. The first-order chi connectivity index (χ1) is 10.1. The molecule has 7 nitrogen and oxygen atoms in total. The molecule has 1 unspecified atom stereocenters. The van der Waals surface area contributed by atoms with Crippen LogP contribution >= 0.6 is 0 Å². The van der Waals surface area contributed by atoms with Gasteiger partial charge in [-0.15, -0.1) is 0 Å². The largest absolute Gasteiger partial charge is 0.457 e. The lowest BCUT2D eigenvalue weighted by Crippen LogP contribution is -2.27. The molecule has 7 heteroatoms. The molecule has 0 fully saturated rings. The standard InChI is InChI=1S/C14H18N2O5/c1-4-21-13(18)11(16-15)12(17)9-7-5-6-8-10(9)14(19-2)20-3/h5-8,12,14,17H,4H2,1-3H3. The summed E-state index contributed by atoms with van der Waals surface area (Å²) in [7, 11) is 2.90. The monoisotopic (exact) mass is 294 g/mol. The molecule has 1 N–H and O–H groups in total. The lowest BCUT2D eigenvalue weighted by atomic mass is 9.98. The number of esters is 1. The van der Waals surface area contributed by atoms with Crippen LogP contribution in [0.2, 0.25) is 0 Å². The van der Waals surface area contributed by atoms with Crippen molar-refractivity contribution in [3.8, 4) is 0 Å². The Morgan fingerprint density at radius 1 is 1.29 bits per heavy atom. The fourth-order valence-electron chi connectivity index (χ4n) is 1.88. The van der Waals surface area contributed by atoms with E-state index in [2.05, 4.69) is 4.79 Å². The van der Waals surface area contributed by atoms with Crippen molar-refractivity contribution < 1.29 is 28.9 Å². The smallest absolute Gasteiger partial charge is 0.420 e. The Balaban J connectivity index is 3.20. The van der Waals surface area contributed by atoms with E-state index in [0.29, 0.717) is 11.1 Å². The fraction of sp³-hybridized carbons (Fsp3) is 0.429. The summed E-state index contributed by atoms with van der Waals surface area (Å²) < 4.78 is 15.0. The van der Waals surface area contributed by atoms with Crippen LogP contribution in [0.4, 0.5) is 0 Å². The van der Waals surface area contributed by atoms with Crippen molar-refractivity contribution in [2.75, 3.05) is 20.8 Å². The van der Waals surface area contributed by atoms with Crippen LogP contribution in [-0.2, 0) is 19.0 Å². The number of carbonyl (C=O) groups is 1. The van der Waals surface area contributed by atoms with Crippen LogP contribution in [0, 0.1) is 0 Å². The Morgan fingerprint density at radius 3 is 2.33 bits per heavy atom. The molecule has 0 bridgehead atoms. The first-order valence-corrected chi connectivity index (χ1v) is 6.32. The number of hydrogen-bond donors (Lipinski definition) is 1. The minimum Gasteiger partial charge on any atom is -0.457 e. The normalized spacial score (nSPS) is 11.9. The zero-order chi connectivity index (χ0) is 15.8. The van der Waals surface area contributed by atoms with Gasteiger partial charge < -0.3 is 24.8 Å². The van der Waals surface area contributed by atoms with E-state index in [1.807, 2.05) is 0 Å². The van der Waals surface area contributed by atoms with E-state index < -0.39 is 24.1 Å². The molecule has 0 saturated carbocycles. The maximum atomic E-state index is 11.7. The molecule has 0 spiro atoms. The second-order valence-electron chi connectivity index (χ2n) is 4.04. The first-order valence-electron chi connectivity index (χ1n) is 6.32. The fourth-order valence-corrected chi connectivity index (χ4v) is 1.88. The average Bonchev–Trinajstić information content (AvgIpc) is 2.50. The maximum Gasteiger partial charge on any atom is 0.420 e. The Morgan fingerprint density at radius 2 is 1.86 bits per heavy atom. The number of methoxy groups -OCH3 is 2. The molecule has 0 heterocycles. The summed E-state index contributed by atoms with van der Waals surface area (Å²) in [4.78, 5) is 14.5. The third-order valence-corrected chi connectivity index (χ3v) is 2.82. The van der Waals surface area contributed by atoms with Gasteiger partial charge in [0.2, 0.25) is 0 Å². The van der Waals surface area contributed by atoms with Crippen LogP contribution in [0.25, 0.3) is 5.53 Å². The topological polar surface area (TPSA) is 101 Å². The SMILES string of the molecule is CCOC(=O)C(=[N+]=[N-])C(O)c1ccccc1C(OC)OC. The Kier molecular flexibility index (Phi) is 6.71. The van der Waals surface area contributed by atoms with Gasteiger partial charge in [0.1, 0.15) is 0 Å². The summed E-state index contributed by atoms with van der Waals surface area (Å²) in [6.07, 6.45) is -2.18. The van der Waals surface area contributed by atoms with Gasteiger partial charge in [0.25, 0.3) is 0 Å². The predicted molar refractivity (Wildman–Crippen MR) is 73.4 cm³/mol. The zero-order valence-corrected chi connectivity index (χ0v) is 12.1. The van der Waals surface area contributed by atoms with Gasteiger partial charge in [0, 0.05) is 25.3 Å². The predicted octanol–water partition coefficient (Wildman–Crippen LogP) is 1.25. The molecular weight excluding hydrogens is 276 g/mol. The Labute approximate surface area is 122 Å². The summed E-state index contributed by atoms with van der Waals surface area (Å²) in [5.41, 5.74) is 9.30. The minimum atomic E-state index is -1.46. The van der Waals surface area contributed by atoms with E-state index in [4.69, 9.17) is 19.7 Å². The summed E-state index contributed by atoms with van der Waals surface area (Å²) >= 11 is 0. The van der Waals surface area contributed by atoms with Crippen molar-refractivity contribution in [3.63, 3.8) is 0 Å². The highest BCUT2D eigenvalue weighted by Gasteiger charge is 2.34. The van der Waals surface area contributed by atoms with Crippen LogP contribution in [0.5, 0.6) is 0 Å². The molecule has 0 amide bonds. The van der Waals surface area contributed by atoms with E-state index in [9.17, 15) is 9.90 Å². The molecule has 1 atom stereocenters. The second kappa shape index (κ2) is 8.28. The van der Waals surface area contributed by atoms with Crippen molar-refractivity contribution in [1.29, 1.82) is 0 Å². The molecular formula is C14H18N2O5. The number of ether oxygens (including phenoxy) is 3. The van der Waals surface area contributed by atoms with E-state index in [0.717, 1.165) is 0 Å². The third-order valence-electron chi connectivity index (χ3n) is 2.82. The minimum absolute atomic E-state index is 0.102. The van der Waals surface area contributed by atoms with Gasteiger partial charge in [0.05, 0.1) is 6.61 Å². The van der Waals surface area contributed by atoms with E-state index in [1.165, 1.54) is 14.2 Å². The van der Waals surface area contributed by atoms with Gasteiger partial charge in [-0.1, -0.05) is 24.3 Å². The van der Waals surface area contributed by atoms with Crippen molar-refractivity contribution in [3.05, 3.63) is 40.9 Å². The van der Waals surface area contributed by atoms with Gasteiger partial charge in [0.15, 0.2) is 12.4 Å². The van der Waals surface area contributed by atoms with Gasteiger partial charge in [-0.2, -0.15) is 4.79 Å². The summed E-state index contributed by atoms with van der Waals surface area (Å²) in [5, 5.41) is 10.3. The number of hydrogen-bond acceptors (Lipinski definition) is 5. The molecule has 1 aromatic carbocycles. The maximum absolute atomic E-state index is 11.7. The molecule has 0 saturated heterocycles. The molecule has 0 aliphatic rings. The molecule has 114 valence electrons. The van der Waals surface area contributed by atoms with E-state index in [1.54, 1.807) is 31.2 Å². The zero-order valence-electron chi connectivity index (χ0n) is 12.1. The summed E-state index contributed by atoms with van der Waals surface area (Å²) in [6.45, 7) is 1.71. The lowest BCUT2D eigenvalue weighted by molar-refractivity contribution is -0.141. The highest BCUT2D eigenvalue weighted by molar-refractivity contribution is 6.35. The van der Waals surface area contributed by atoms with E-state index >= 15 is 0 Å². The third kappa shape index (κ3) is 3.96. The molecule has 1 rings (SSSR count). The molecule has 0 aromatic heterocycles. The molecule has 0 aliphatic carbocycles. The van der Waals surface area contributed by atoms with Crippen LogP contribution in [-0.4, -0.2) is 42.4 Å². The van der Waals surface area contributed by atoms with Gasteiger partial charge >= 0.3 is 11.7 Å². The van der Waals surface area contributed by atoms with Gasteiger partial charge in [-0.3, -0.25) is 0 Å². The van der Waals surface area contributed by atoms with Crippen molar-refractivity contribution in [1.82, 2.24) is 0 Å². The summed E-state index contributed by atoms with van der Waals surface area (Å²) in [6, 6.07) is 6.66. The average molecular weight is 294 g/mol. The quantitative estimate of drug-likeness (QED) is 0.268. The van der Waals surface area contributed by atoms with Crippen LogP contribution in [0.3, 0.4) is 0 Å². The molecule has 1 aromatic rings. The highest BCUT2D eigenvalue weighted by Crippen LogP contribution is 2.27. The van der Waals surface area contributed by atoms with Crippen LogP contribution < -0.4 is 0 Å². The molecule has 0 radical (unpaired) electrons. The number of benzene rings is 1.